The van der Waals surface area contributed by atoms with Crippen molar-refractivity contribution >= 4 is 11.8 Å². The second-order valence-electron chi connectivity index (χ2n) is 7.56. The van der Waals surface area contributed by atoms with E-state index in [4.69, 9.17) is 10.5 Å². The van der Waals surface area contributed by atoms with Crippen LogP contribution in [0.15, 0.2) is 36.4 Å². The number of benzene rings is 1. The van der Waals surface area contributed by atoms with E-state index >= 15 is 0 Å². The molecule has 1 aliphatic carbocycles. The van der Waals surface area contributed by atoms with Crippen molar-refractivity contribution in [3.63, 3.8) is 0 Å². The van der Waals surface area contributed by atoms with Crippen LogP contribution in [-0.4, -0.2) is 51.8 Å². The van der Waals surface area contributed by atoms with E-state index in [1.165, 1.54) is 23.6 Å². The smallest absolute Gasteiger partial charge is 0.274 e. The first-order valence-electron chi connectivity index (χ1n) is 10.0. The summed E-state index contributed by atoms with van der Waals surface area (Å²) in [4.78, 5) is 26.6. The number of carbonyl (C=O) groups excluding carboxylic acids is 2. The van der Waals surface area contributed by atoms with Gasteiger partial charge in [-0.3, -0.25) is 9.59 Å². The molecule has 1 aromatic heterocycles. The number of likely N-dealkylation sites (tertiary alicyclic amines) is 1. The summed E-state index contributed by atoms with van der Waals surface area (Å²) in [5.41, 5.74) is 6.64. The minimum atomic E-state index is -0.612. The Balaban J connectivity index is 1.44. The molecule has 1 aromatic carbocycles. The van der Waals surface area contributed by atoms with Crippen molar-refractivity contribution in [3.05, 3.63) is 47.8 Å². The molecule has 2 aromatic rings. The Morgan fingerprint density at radius 3 is 2.29 bits per heavy atom. The van der Waals surface area contributed by atoms with Gasteiger partial charge in [-0.05, 0) is 37.8 Å². The van der Waals surface area contributed by atoms with E-state index in [0.29, 0.717) is 24.9 Å². The van der Waals surface area contributed by atoms with Crippen molar-refractivity contribution < 1.29 is 14.3 Å². The molecule has 1 saturated heterocycles. The summed E-state index contributed by atoms with van der Waals surface area (Å²) in [6, 6.07) is 10.7. The van der Waals surface area contributed by atoms with Crippen LogP contribution < -0.4 is 5.73 Å². The standard InChI is InChI=1S/C21H26N4O3/c22-20(26)19-14-18(23-25(19)15-6-2-1-3-7-15)21(27)24-12-10-17(11-13-24)28-16-8-4-5-9-16/h1-3,6-7,14,16-17H,4-5,8-13H2,(H2,22,26). The fraction of sp³-hybridized carbons (Fsp3) is 0.476. The van der Waals surface area contributed by atoms with Gasteiger partial charge in [-0.1, -0.05) is 31.0 Å². The fourth-order valence-electron chi connectivity index (χ4n) is 4.08. The first-order valence-corrected chi connectivity index (χ1v) is 10.0. The lowest BCUT2D eigenvalue weighted by atomic mass is 10.1. The molecule has 0 radical (unpaired) electrons. The van der Waals surface area contributed by atoms with Gasteiger partial charge in [0, 0.05) is 19.2 Å². The van der Waals surface area contributed by atoms with E-state index in [-0.39, 0.29) is 23.4 Å². The van der Waals surface area contributed by atoms with Gasteiger partial charge in [0.15, 0.2) is 5.69 Å². The molecule has 2 N–H and O–H groups in total. The number of hydrogen-bond acceptors (Lipinski definition) is 4. The predicted molar refractivity (Wildman–Crippen MR) is 104 cm³/mol. The van der Waals surface area contributed by atoms with Gasteiger partial charge in [-0.2, -0.15) is 5.10 Å². The summed E-state index contributed by atoms with van der Waals surface area (Å²) < 4.78 is 7.62. The molecule has 2 heterocycles. The maximum atomic E-state index is 12.9. The highest BCUT2D eigenvalue weighted by Crippen LogP contribution is 2.26. The zero-order chi connectivity index (χ0) is 19.5. The number of hydrogen-bond donors (Lipinski definition) is 1. The van der Waals surface area contributed by atoms with Crippen LogP contribution in [0.2, 0.25) is 0 Å². The Morgan fingerprint density at radius 2 is 1.64 bits per heavy atom. The lowest BCUT2D eigenvalue weighted by Crippen LogP contribution is -2.41. The lowest BCUT2D eigenvalue weighted by Gasteiger charge is -2.33. The summed E-state index contributed by atoms with van der Waals surface area (Å²) in [5.74, 6) is -0.782. The molecule has 0 bridgehead atoms. The maximum absolute atomic E-state index is 12.9. The minimum absolute atomic E-state index is 0.170. The molecular formula is C21H26N4O3. The molecule has 0 unspecified atom stereocenters. The number of piperidine rings is 1. The SMILES string of the molecule is NC(=O)c1cc(C(=O)N2CCC(OC3CCCC3)CC2)nn1-c1ccccc1. The molecule has 1 aliphatic heterocycles. The van der Waals surface area contributed by atoms with Crippen LogP contribution in [-0.2, 0) is 4.74 Å². The largest absolute Gasteiger partial charge is 0.375 e. The third kappa shape index (κ3) is 3.94. The molecule has 148 valence electrons. The van der Waals surface area contributed by atoms with Crippen molar-refractivity contribution in [1.82, 2.24) is 14.7 Å². The number of rotatable bonds is 5. The highest BCUT2D eigenvalue weighted by Gasteiger charge is 2.29. The number of nitrogens with zero attached hydrogens (tertiary/aromatic N) is 3. The van der Waals surface area contributed by atoms with Crippen LogP contribution in [0, 0.1) is 0 Å². The summed E-state index contributed by atoms with van der Waals surface area (Å²) >= 11 is 0. The van der Waals surface area contributed by atoms with Gasteiger partial charge >= 0.3 is 0 Å². The molecule has 2 aliphatic rings. The van der Waals surface area contributed by atoms with Gasteiger partial charge in [-0.15, -0.1) is 0 Å². The predicted octanol–water partition coefficient (Wildman–Crippen LogP) is 2.53. The fourth-order valence-corrected chi connectivity index (χ4v) is 4.08. The Morgan fingerprint density at radius 1 is 1.00 bits per heavy atom. The van der Waals surface area contributed by atoms with E-state index in [1.54, 1.807) is 4.90 Å². The van der Waals surface area contributed by atoms with Gasteiger partial charge in [0.2, 0.25) is 0 Å². The highest BCUT2D eigenvalue weighted by molar-refractivity contribution is 5.97. The average molecular weight is 382 g/mol. The summed E-state index contributed by atoms with van der Waals surface area (Å²) in [7, 11) is 0. The Bertz CT molecular complexity index is 835. The van der Waals surface area contributed by atoms with E-state index in [1.807, 2.05) is 30.3 Å². The Kier molecular flexibility index (Phi) is 5.43. The third-order valence-electron chi connectivity index (χ3n) is 5.60. The van der Waals surface area contributed by atoms with E-state index in [2.05, 4.69) is 5.10 Å². The molecule has 2 amide bonds. The van der Waals surface area contributed by atoms with E-state index in [9.17, 15) is 9.59 Å². The maximum Gasteiger partial charge on any atom is 0.274 e. The first kappa shape index (κ1) is 18.7. The number of primary amides is 1. The molecule has 1 saturated carbocycles. The van der Waals surface area contributed by atoms with Gasteiger partial charge < -0.3 is 15.4 Å². The lowest BCUT2D eigenvalue weighted by molar-refractivity contribution is -0.0358. The Labute approximate surface area is 164 Å². The molecule has 7 nitrogen and oxygen atoms in total. The number of nitrogens with two attached hydrogens (primary N) is 1. The van der Waals surface area contributed by atoms with Crippen LogP contribution in [0.4, 0.5) is 0 Å². The number of para-hydroxylation sites is 1. The van der Waals surface area contributed by atoms with Crippen molar-refractivity contribution in [2.75, 3.05) is 13.1 Å². The van der Waals surface area contributed by atoms with Gasteiger partial charge in [-0.25, -0.2) is 4.68 Å². The summed E-state index contributed by atoms with van der Waals surface area (Å²) in [6.07, 6.45) is 7.14. The quantitative estimate of drug-likeness (QED) is 0.860. The molecule has 28 heavy (non-hydrogen) atoms. The van der Waals surface area contributed by atoms with Crippen molar-refractivity contribution in [2.24, 2.45) is 5.73 Å². The number of carbonyl (C=O) groups is 2. The van der Waals surface area contributed by atoms with Gasteiger partial charge in [0.05, 0.1) is 17.9 Å². The molecule has 0 atom stereocenters. The first-order chi connectivity index (χ1) is 13.6. The molecular weight excluding hydrogens is 356 g/mol. The van der Waals surface area contributed by atoms with Crippen molar-refractivity contribution in [1.29, 1.82) is 0 Å². The normalized spacial score (nSPS) is 18.5. The Hall–Kier alpha value is -2.67. The number of ether oxygens (including phenoxy) is 1. The third-order valence-corrected chi connectivity index (χ3v) is 5.60. The zero-order valence-electron chi connectivity index (χ0n) is 15.9. The topological polar surface area (TPSA) is 90.5 Å². The van der Waals surface area contributed by atoms with E-state index < -0.39 is 5.91 Å². The van der Waals surface area contributed by atoms with Crippen LogP contribution >= 0.6 is 0 Å². The van der Waals surface area contributed by atoms with Crippen LogP contribution in [0.5, 0.6) is 0 Å². The molecule has 4 rings (SSSR count). The van der Waals surface area contributed by atoms with Crippen LogP contribution in [0.1, 0.15) is 59.5 Å². The number of amides is 2. The van der Waals surface area contributed by atoms with Crippen molar-refractivity contribution in [2.45, 2.75) is 50.7 Å². The second-order valence-corrected chi connectivity index (χ2v) is 7.56. The average Bonchev–Trinajstić information content (AvgIpc) is 3.39. The van der Waals surface area contributed by atoms with Crippen molar-refractivity contribution in [3.8, 4) is 5.69 Å². The summed E-state index contributed by atoms with van der Waals surface area (Å²) in [6.45, 7) is 1.28. The molecule has 2 fully saturated rings. The van der Waals surface area contributed by atoms with Gasteiger partial charge in [0.25, 0.3) is 11.8 Å². The second kappa shape index (κ2) is 8.14. The van der Waals surface area contributed by atoms with E-state index in [0.717, 1.165) is 25.7 Å². The molecule has 7 heteroatoms. The van der Waals surface area contributed by atoms with Crippen LogP contribution in [0.25, 0.3) is 5.69 Å². The molecule has 0 spiro atoms. The van der Waals surface area contributed by atoms with Crippen LogP contribution in [0.3, 0.4) is 0 Å². The zero-order valence-corrected chi connectivity index (χ0v) is 15.9. The highest BCUT2D eigenvalue weighted by atomic mass is 16.5. The monoisotopic (exact) mass is 382 g/mol. The number of aromatic nitrogens is 2. The summed E-state index contributed by atoms with van der Waals surface area (Å²) in [5, 5.41) is 4.37. The minimum Gasteiger partial charge on any atom is -0.375 e. The van der Waals surface area contributed by atoms with Gasteiger partial charge in [0.1, 0.15) is 5.69 Å².